The summed E-state index contributed by atoms with van der Waals surface area (Å²) in [6.45, 7) is 3.92. The van der Waals surface area contributed by atoms with Gasteiger partial charge in [-0.3, -0.25) is 14.8 Å². The van der Waals surface area contributed by atoms with Crippen molar-refractivity contribution in [2.45, 2.75) is 25.4 Å². The van der Waals surface area contributed by atoms with Gasteiger partial charge in [0.15, 0.2) is 5.78 Å². The highest BCUT2D eigenvalue weighted by molar-refractivity contribution is 6.20. The second-order valence-electron chi connectivity index (χ2n) is 9.23. The van der Waals surface area contributed by atoms with E-state index in [2.05, 4.69) is 32.4 Å². The van der Waals surface area contributed by atoms with Gasteiger partial charge >= 0.3 is 0 Å². The number of fused-ring (bicyclic) bond motifs is 6. The van der Waals surface area contributed by atoms with Crippen molar-refractivity contribution in [3.05, 3.63) is 101 Å². The first-order valence-electron chi connectivity index (χ1n) is 11.0. The SMILES string of the molecule is CC1(C)C(=O)C2C=C3C=CC(=N3)C=c3ccc([nH]3)=CC3=NC(c4cccnc4)(C=C3)C=C1N2. The predicted octanol–water partition coefficient (Wildman–Crippen LogP) is 2.24. The van der Waals surface area contributed by atoms with E-state index in [0.29, 0.717) is 0 Å². The predicted molar refractivity (Wildman–Crippen MR) is 130 cm³/mol. The van der Waals surface area contributed by atoms with Crippen LogP contribution in [-0.2, 0) is 10.3 Å². The lowest BCUT2D eigenvalue weighted by Gasteiger charge is -2.25. The first-order chi connectivity index (χ1) is 15.9. The van der Waals surface area contributed by atoms with Crippen molar-refractivity contribution in [2.75, 3.05) is 0 Å². The molecule has 2 atom stereocenters. The van der Waals surface area contributed by atoms with Crippen molar-refractivity contribution in [2.24, 2.45) is 15.4 Å². The van der Waals surface area contributed by atoms with E-state index in [1.807, 2.05) is 80.8 Å². The summed E-state index contributed by atoms with van der Waals surface area (Å²) in [5, 5.41) is 5.37. The van der Waals surface area contributed by atoms with Crippen LogP contribution in [-0.4, -0.2) is 33.2 Å². The number of carbonyl (C=O) groups is 1. The van der Waals surface area contributed by atoms with Crippen LogP contribution in [0.4, 0.5) is 0 Å². The second kappa shape index (κ2) is 6.97. The molecule has 8 bridgehead atoms. The molecule has 2 unspecified atom stereocenters. The summed E-state index contributed by atoms with van der Waals surface area (Å²) in [7, 11) is 0. The minimum Gasteiger partial charge on any atom is -0.375 e. The van der Waals surface area contributed by atoms with Crippen LogP contribution in [0.25, 0.3) is 12.2 Å². The van der Waals surface area contributed by atoms with Crippen LogP contribution in [0, 0.1) is 5.41 Å². The lowest BCUT2D eigenvalue weighted by atomic mass is 9.82. The molecule has 6 rings (SSSR count). The summed E-state index contributed by atoms with van der Waals surface area (Å²) >= 11 is 0. The number of H-pyrrole nitrogens is 1. The van der Waals surface area contributed by atoms with Gasteiger partial charge in [-0.25, -0.2) is 4.99 Å². The molecule has 162 valence electrons. The van der Waals surface area contributed by atoms with Gasteiger partial charge in [-0.1, -0.05) is 6.07 Å². The molecule has 1 saturated heterocycles. The molecule has 6 nitrogen and oxygen atoms in total. The van der Waals surface area contributed by atoms with Gasteiger partial charge in [-0.05, 0) is 80.7 Å². The third-order valence-corrected chi connectivity index (χ3v) is 6.55. The van der Waals surface area contributed by atoms with Crippen LogP contribution in [0.3, 0.4) is 0 Å². The quantitative estimate of drug-likeness (QED) is 0.724. The molecule has 0 saturated carbocycles. The zero-order valence-electron chi connectivity index (χ0n) is 18.4. The number of hydrogen-bond donors (Lipinski definition) is 2. The molecule has 2 aromatic heterocycles. The number of hydrogen-bond acceptors (Lipinski definition) is 5. The molecule has 1 fully saturated rings. The largest absolute Gasteiger partial charge is 0.375 e. The van der Waals surface area contributed by atoms with E-state index in [-0.39, 0.29) is 5.78 Å². The van der Waals surface area contributed by atoms with Gasteiger partial charge in [0.2, 0.25) is 0 Å². The van der Waals surface area contributed by atoms with Crippen LogP contribution < -0.4 is 16.0 Å². The zero-order chi connectivity index (χ0) is 22.6. The standard InChI is InChI=1S/C27H23N5O/c1-26(2)24-15-27(17-4-3-11-28-16-17)10-9-22(32-27)13-20-6-5-18(29-20)12-19-7-8-21(30-19)14-23(31-24)25(26)33/h3-16,23,29,31H,1-2H3. The van der Waals surface area contributed by atoms with Crippen molar-refractivity contribution < 1.29 is 4.79 Å². The summed E-state index contributed by atoms with van der Waals surface area (Å²) < 4.78 is 0. The van der Waals surface area contributed by atoms with Crippen LogP contribution in [0.1, 0.15) is 19.4 Å². The Morgan fingerprint density at radius 2 is 1.82 bits per heavy atom. The van der Waals surface area contributed by atoms with E-state index in [1.165, 1.54) is 0 Å². The smallest absolute Gasteiger partial charge is 0.170 e. The molecule has 0 aliphatic carbocycles. The van der Waals surface area contributed by atoms with Gasteiger partial charge < -0.3 is 10.3 Å². The van der Waals surface area contributed by atoms with Crippen molar-refractivity contribution >= 4 is 29.4 Å². The number of Topliss-reactive ketones (excluding diaryl/α,β-unsaturated/α-hetero) is 1. The molecule has 0 amide bonds. The number of rotatable bonds is 1. The van der Waals surface area contributed by atoms with Gasteiger partial charge in [0.05, 0.1) is 22.5 Å². The Morgan fingerprint density at radius 1 is 1.00 bits per heavy atom. The normalized spacial score (nSPS) is 26.6. The van der Waals surface area contributed by atoms with Crippen molar-refractivity contribution in [1.29, 1.82) is 0 Å². The highest BCUT2D eigenvalue weighted by Crippen LogP contribution is 2.40. The lowest BCUT2D eigenvalue weighted by Crippen LogP contribution is -2.27. The maximum atomic E-state index is 13.4. The fourth-order valence-corrected chi connectivity index (χ4v) is 4.65. The number of aromatic amines is 1. The molecule has 2 N–H and O–H groups in total. The first kappa shape index (κ1) is 19.6. The Hall–Kier alpha value is -4.06. The fourth-order valence-electron chi connectivity index (χ4n) is 4.65. The molecule has 0 spiro atoms. The Kier molecular flexibility index (Phi) is 4.14. The highest BCUT2D eigenvalue weighted by Gasteiger charge is 2.45. The maximum absolute atomic E-state index is 13.4. The molecule has 4 aliphatic rings. The maximum Gasteiger partial charge on any atom is 0.170 e. The minimum atomic E-state index is -0.751. The Labute approximate surface area is 191 Å². The van der Waals surface area contributed by atoms with Crippen molar-refractivity contribution in [3.63, 3.8) is 0 Å². The molecule has 33 heavy (non-hydrogen) atoms. The fraction of sp³-hybridized carbons (Fsp3) is 0.185. The Bertz CT molecular complexity index is 1480. The number of carbonyl (C=O) groups excluding carboxylic acids is 1. The zero-order valence-corrected chi connectivity index (χ0v) is 18.4. The molecular formula is C27H23N5O. The number of nitrogens with one attached hydrogen (secondary N) is 2. The van der Waals surface area contributed by atoms with Crippen molar-refractivity contribution in [3.8, 4) is 0 Å². The molecule has 2 aromatic rings. The number of allylic oxidation sites excluding steroid dienone is 4. The number of aliphatic imine (C=N–C) groups is 2. The molecule has 6 heterocycles. The van der Waals surface area contributed by atoms with Crippen LogP contribution >= 0.6 is 0 Å². The Morgan fingerprint density at radius 3 is 2.61 bits per heavy atom. The van der Waals surface area contributed by atoms with E-state index in [0.717, 1.165) is 39.1 Å². The van der Waals surface area contributed by atoms with Crippen LogP contribution in [0.15, 0.2) is 94.5 Å². The van der Waals surface area contributed by atoms with E-state index in [4.69, 9.17) is 4.99 Å². The number of nitrogens with zero attached hydrogens (tertiary/aromatic N) is 3. The molecule has 6 heteroatoms. The molecular weight excluding hydrogens is 410 g/mol. The lowest BCUT2D eigenvalue weighted by molar-refractivity contribution is -0.123. The van der Waals surface area contributed by atoms with Gasteiger partial charge in [-0.15, -0.1) is 0 Å². The van der Waals surface area contributed by atoms with Crippen LogP contribution in [0.5, 0.6) is 0 Å². The monoisotopic (exact) mass is 433 g/mol. The van der Waals surface area contributed by atoms with E-state index < -0.39 is 17.0 Å². The summed E-state index contributed by atoms with van der Waals surface area (Å²) in [4.78, 5) is 30.9. The first-order valence-corrected chi connectivity index (χ1v) is 11.0. The second-order valence-corrected chi connectivity index (χ2v) is 9.23. The summed E-state index contributed by atoms with van der Waals surface area (Å²) in [5.41, 5.74) is 2.82. The summed E-state index contributed by atoms with van der Waals surface area (Å²) in [6.07, 6.45) is 19.6. The highest BCUT2D eigenvalue weighted by atomic mass is 16.1. The van der Waals surface area contributed by atoms with Crippen LogP contribution in [0.2, 0.25) is 0 Å². The summed E-state index contributed by atoms with van der Waals surface area (Å²) in [6, 6.07) is 7.53. The molecule has 4 aliphatic heterocycles. The third kappa shape index (κ3) is 3.26. The molecule has 0 aromatic carbocycles. The van der Waals surface area contributed by atoms with E-state index in [9.17, 15) is 4.79 Å². The Balaban J connectivity index is 1.60. The third-order valence-electron chi connectivity index (χ3n) is 6.55. The average Bonchev–Trinajstić information content (AvgIpc) is 3.57. The van der Waals surface area contributed by atoms with Gasteiger partial charge in [0.25, 0.3) is 0 Å². The van der Waals surface area contributed by atoms with E-state index >= 15 is 0 Å². The molecule has 0 radical (unpaired) electrons. The number of aromatic nitrogens is 2. The number of pyridine rings is 1. The minimum absolute atomic E-state index is 0.110. The van der Waals surface area contributed by atoms with E-state index in [1.54, 1.807) is 6.20 Å². The number of ketones is 1. The van der Waals surface area contributed by atoms with Gasteiger partial charge in [-0.2, -0.15) is 0 Å². The van der Waals surface area contributed by atoms with Crippen molar-refractivity contribution in [1.82, 2.24) is 15.3 Å². The van der Waals surface area contributed by atoms with Gasteiger partial charge in [0.1, 0.15) is 11.6 Å². The summed E-state index contributed by atoms with van der Waals surface area (Å²) in [5.74, 6) is 0.110. The average molecular weight is 434 g/mol. The van der Waals surface area contributed by atoms with Gasteiger partial charge in [0, 0.05) is 34.4 Å². The topological polar surface area (TPSA) is 82.5 Å².